The summed E-state index contributed by atoms with van der Waals surface area (Å²) in [5, 5.41) is 11.3. The summed E-state index contributed by atoms with van der Waals surface area (Å²) in [5.74, 6) is -2.81. The van der Waals surface area contributed by atoms with E-state index in [0.29, 0.717) is 6.42 Å². The maximum Gasteiger partial charge on any atom is 0.490 e. The fourth-order valence-electron chi connectivity index (χ4n) is 4.30. The van der Waals surface area contributed by atoms with Crippen LogP contribution >= 0.6 is 15.9 Å². The molecule has 2 heterocycles. The van der Waals surface area contributed by atoms with Crippen molar-refractivity contribution in [1.29, 1.82) is 0 Å². The second-order valence-electron chi connectivity index (χ2n) is 9.25. The molecule has 5 aromatic rings. The van der Waals surface area contributed by atoms with Crippen molar-refractivity contribution in [3.8, 4) is 0 Å². The molecular formula is C31H26BrF3N4O3. The average molecular weight is 639 g/mol. The summed E-state index contributed by atoms with van der Waals surface area (Å²) in [6.45, 7) is 0.766. The highest BCUT2D eigenvalue weighted by Gasteiger charge is 2.38. The third-order valence-electron chi connectivity index (χ3n) is 6.29. The molecule has 0 saturated carbocycles. The summed E-state index contributed by atoms with van der Waals surface area (Å²) < 4.78 is 34.8. The number of benzene rings is 3. The van der Waals surface area contributed by atoms with Crippen molar-refractivity contribution < 1.29 is 27.9 Å². The number of halogens is 4. The van der Waals surface area contributed by atoms with E-state index in [-0.39, 0.29) is 5.91 Å². The fourth-order valence-corrected chi connectivity index (χ4v) is 4.95. The molecule has 0 aliphatic carbocycles. The maximum atomic E-state index is 13.0. The molecular weight excluding hydrogens is 613 g/mol. The van der Waals surface area contributed by atoms with Crippen LogP contribution in [-0.2, 0) is 22.6 Å². The number of pyridine rings is 1. The zero-order valence-corrected chi connectivity index (χ0v) is 23.9. The van der Waals surface area contributed by atoms with Gasteiger partial charge >= 0.3 is 12.1 Å². The van der Waals surface area contributed by atoms with Gasteiger partial charge in [0.2, 0.25) is 5.91 Å². The molecule has 3 aromatic carbocycles. The Balaban J connectivity index is 0.000000517. The molecule has 5 rings (SSSR count). The number of anilines is 3. The predicted octanol–water partition coefficient (Wildman–Crippen LogP) is 7.43. The largest absolute Gasteiger partial charge is 0.490 e. The number of hydrogen-bond donors (Lipinski definition) is 2. The van der Waals surface area contributed by atoms with Crippen LogP contribution < -0.4 is 10.2 Å². The second-order valence-corrected chi connectivity index (χ2v) is 10.1. The minimum atomic E-state index is -5.08. The molecule has 0 aliphatic heterocycles. The number of nitrogens with one attached hydrogen (secondary N) is 1. The Morgan fingerprint density at radius 3 is 2.33 bits per heavy atom. The second kappa shape index (κ2) is 13.3. The number of nitrogens with zero attached hydrogens (tertiary/aromatic N) is 3. The van der Waals surface area contributed by atoms with Crippen LogP contribution in [0.3, 0.4) is 0 Å². The number of carbonyl (C=O) groups is 2. The SMILES string of the molecule is CN(c1cccnc1)c1ccc(NC(=O)Cc2cn(Cc3ccccc3)c3ccccc23)cc1Br.O=C(O)C(F)(F)F. The van der Waals surface area contributed by atoms with Gasteiger partial charge in [-0.1, -0.05) is 48.5 Å². The van der Waals surface area contributed by atoms with Crippen molar-refractivity contribution in [3.63, 3.8) is 0 Å². The molecule has 0 bridgehead atoms. The number of rotatable bonds is 7. The number of aliphatic carboxylic acids is 1. The fraction of sp³-hybridized carbons (Fsp3) is 0.129. The van der Waals surface area contributed by atoms with E-state index in [1.165, 1.54) is 5.56 Å². The molecule has 1 amide bonds. The van der Waals surface area contributed by atoms with Crippen molar-refractivity contribution in [2.45, 2.75) is 19.1 Å². The molecule has 216 valence electrons. The molecule has 2 N–H and O–H groups in total. The normalized spacial score (nSPS) is 11.0. The molecule has 0 saturated heterocycles. The average Bonchev–Trinajstić information content (AvgIpc) is 3.30. The summed E-state index contributed by atoms with van der Waals surface area (Å²) in [6.07, 6.45) is 0.886. The topological polar surface area (TPSA) is 87.5 Å². The molecule has 2 aromatic heterocycles. The van der Waals surface area contributed by atoms with E-state index in [9.17, 15) is 18.0 Å². The van der Waals surface area contributed by atoms with E-state index in [1.54, 1.807) is 6.20 Å². The van der Waals surface area contributed by atoms with Crippen LogP contribution in [0.4, 0.5) is 30.2 Å². The number of fused-ring (bicyclic) bond motifs is 1. The van der Waals surface area contributed by atoms with Gasteiger partial charge in [-0.05, 0) is 63.5 Å². The Morgan fingerprint density at radius 1 is 1.00 bits per heavy atom. The van der Waals surface area contributed by atoms with Crippen LogP contribution in [0.15, 0.2) is 108 Å². The van der Waals surface area contributed by atoms with Gasteiger partial charge in [0.1, 0.15) is 0 Å². The zero-order valence-electron chi connectivity index (χ0n) is 22.3. The number of carbonyl (C=O) groups excluding carboxylic acids is 1. The van der Waals surface area contributed by atoms with Crippen LogP contribution in [-0.4, -0.2) is 39.8 Å². The quantitative estimate of drug-likeness (QED) is 0.194. The molecule has 7 nitrogen and oxygen atoms in total. The maximum absolute atomic E-state index is 13.0. The van der Waals surface area contributed by atoms with Crippen molar-refractivity contribution in [3.05, 3.63) is 119 Å². The van der Waals surface area contributed by atoms with E-state index in [1.807, 2.05) is 78.8 Å². The molecule has 0 unspecified atom stereocenters. The van der Waals surface area contributed by atoms with E-state index in [2.05, 4.69) is 61.3 Å². The summed E-state index contributed by atoms with van der Waals surface area (Å²) in [6, 6.07) is 28.3. The standard InChI is InChI=1S/C29H25BrN4O.C2HF3O2/c1-33(24-10-7-15-31-18-24)28-14-13-23(17-26(28)30)32-29(35)16-22-20-34(19-21-8-3-2-4-9-21)27-12-6-5-11-25(22)27;3-2(4,5)1(6)7/h2-15,17-18,20H,16,19H2,1H3,(H,32,35);(H,6,7). The van der Waals surface area contributed by atoms with Crippen LogP contribution in [0.25, 0.3) is 10.9 Å². The molecule has 0 aliphatic rings. The van der Waals surface area contributed by atoms with Gasteiger partial charge in [-0.2, -0.15) is 13.2 Å². The Hall–Kier alpha value is -4.64. The molecule has 0 spiro atoms. The number of carboxylic acid groups (broad SMARTS) is 1. The van der Waals surface area contributed by atoms with Crippen molar-refractivity contribution >= 4 is 55.8 Å². The van der Waals surface area contributed by atoms with E-state index < -0.39 is 12.1 Å². The molecule has 11 heteroatoms. The molecule has 42 heavy (non-hydrogen) atoms. The lowest BCUT2D eigenvalue weighted by Gasteiger charge is -2.21. The van der Waals surface area contributed by atoms with Crippen molar-refractivity contribution in [1.82, 2.24) is 9.55 Å². The van der Waals surface area contributed by atoms with Crippen LogP contribution in [0, 0.1) is 0 Å². The lowest BCUT2D eigenvalue weighted by Crippen LogP contribution is -2.21. The minimum absolute atomic E-state index is 0.0483. The molecule has 0 atom stereocenters. The van der Waals surface area contributed by atoms with Gasteiger partial charge in [-0.25, -0.2) is 4.79 Å². The first-order valence-electron chi connectivity index (χ1n) is 12.7. The van der Waals surface area contributed by atoms with Gasteiger partial charge in [0, 0.05) is 47.0 Å². The van der Waals surface area contributed by atoms with Gasteiger partial charge in [0.25, 0.3) is 0 Å². The zero-order chi connectivity index (χ0) is 30.3. The van der Waals surface area contributed by atoms with Gasteiger partial charge < -0.3 is 19.9 Å². The first-order valence-corrected chi connectivity index (χ1v) is 13.5. The highest BCUT2D eigenvalue weighted by Crippen LogP contribution is 2.33. The smallest absolute Gasteiger partial charge is 0.475 e. The third kappa shape index (κ3) is 7.76. The van der Waals surface area contributed by atoms with Crippen molar-refractivity contribution in [2.75, 3.05) is 17.3 Å². The Labute approximate surface area is 248 Å². The molecule has 0 radical (unpaired) electrons. The van der Waals surface area contributed by atoms with E-state index in [4.69, 9.17) is 9.90 Å². The number of aromatic nitrogens is 2. The number of hydrogen-bond acceptors (Lipinski definition) is 4. The number of carboxylic acids is 1. The van der Waals surface area contributed by atoms with Crippen LogP contribution in [0.5, 0.6) is 0 Å². The van der Waals surface area contributed by atoms with Crippen LogP contribution in [0.1, 0.15) is 11.1 Å². The van der Waals surface area contributed by atoms with E-state index >= 15 is 0 Å². The minimum Gasteiger partial charge on any atom is -0.475 e. The number of alkyl halides is 3. The number of para-hydroxylation sites is 1. The lowest BCUT2D eigenvalue weighted by atomic mass is 10.1. The lowest BCUT2D eigenvalue weighted by molar-refractivity contribution is -0.192. The summed E-state index contributed by atoms with van der Waals surface area (Å²) in [4.78, 5) is 28.1. The Bertz CT molecular complexity index is 1680. The van der Waals surface area contributed by atoms with Crippen LogP contribution in [0.2, 0.25) is 0 Å². The first-order chi connectivity index (χ1) is 20.0. The first kappa shape index (κ1) is 30.3. The summed E-state index contributed by atoms with van der Waals surface area (Å²) in [7, 11) is 1.99. The third-order valence-corrected chi connectivity index (χ3v) is 6.92. The Kier molecular flexibility index (Phi) is 9.64. The van der Waals surface area contributed by atoms with Gasteiger partial charge in [-0.15, -0.1) is 0 Å². The van der Waals surface area contributed by atoms with Crippen molar-refractivity contribution in [2.24, 2.45) is 0 Å². The highest BCUT2D eigenvalue weighted by atomic mass is 79.9. The Morgan fingerprint density at radius 2 is 1.69 bits per heavy atom. The predicted molar refractivity (Wildman–Crippen MR) is 160 cm³/mol. The summed E-state index contributed by atoms with van der Waals surface area (Å²) >= 11 is 3.65. The van der Waals surface area contributed by atoms with E-state index in [0.717, 1.165) is 44.5 Å². The van der Waals surface area contributed by atoms with Gasteiger partial charge in [-0.3, -0.25) is 9.78 Å². The van der Waals surface area contributed by atoms with Gasteiger partial charge in [0.15, 0.2) is 0 Å². The molecule has 0 fully saturated rings. The summed E-state index contributed by atoms with van der Waals surface area (Å²) in [5.41, 5.74) is 6.09. The monoisotopic (exact) mass is 638 g/mol. The van der Waals surface area contributed by atoms with Gasteiger partial charge in [0.05, 0.1) is 24.0 Å². The number of amides is 1. The highest BCUT2D eigenvalue weighted by molar-refractivity contribution is 9.10.